The van der Waals surface area contributed by atoms with Crippen molar-refractivity contribution in [3.8, 4) is 0 Å². The fraction of sp³-hybridized carbons (Fsp3) is 0.800. The topological polar surface area (TPSA) is 41.1 Å². The van der Waals surface area contributed by atoms with E-state index in [4.69, 9.17) is 0 Å². The molecule has 0 rings (SSSR count). The molecule has 0 aliphatic rings. The molecule has 0 aliphatic carbocycles. The van der Waals surface area contributed by atoms with E-state index in [1.807, 2.05) is 6.92 Å². The Morgan fingerprint density at radius 3 is 2.62 bits per heavy atom. The van der Waals surface area contributed by atoms with Gasteiger partial charge in [-0.3, -0.25) is 10.2 Å². The van der Waals surface area contributed by atoms with Crippen LogP contribution in [0, 0.1) is 0 Å². The molecule has 0 spiro atoms. The number of hydrogen-bond donors (Lipinski definition) is 2. The summed E-state index contributed by atoms with van der Waals surface area (Å²) in [5, 5.41) is 0. The van der Waals surface area contributed by atoms with Gasteiger partial charge in [0.05, 0.1) is 0 Å². The monoisotopic (exact) mass is 116 g/mol. The Balaban J connectivity index is 2.82. The predicted octanol–water partition coefficient (Wildman–Crippen LogP) is 0.0371. The maximum atomic E-state index is 10.1. The van der Waals surface area contributed by atoms with E-state index < -0.39 is 0 Å². The first-order valence-electron chi connectivity index (χ1n) is 2.76. The van der Waals surface area contributed by atoms with Gasteiger partial charge in [0.15, 0.2) is 0 Å². The van der Waals surface area contributed by atoms with Gasteiger partial charge in [0.25, 0.3) is 0 Å². The second-order valence-electron chi connectivity index (χ2n) is 1.61. The highest BCUT2D eigenvalue weighted by molar-refractivity contribution is 5.72. The highest BCUT2D eigenvalue weighted by atomic mass is 16.2. The molecule has 0 bridgehead atoms. The molecule has 3 heteroatoms. The fourth-order valence-electron chi connectivity index (χ4n) is 0.312. The summed E-state index contributed by atoms with van der Waals surface area (Å²) in [5.74, 6) is -0.0431. The van der Waals surface area contributed by atoms with Crippen molar-refractivity contribution in [3.05, 3.63) is 0 Å². The first kappa shape index (κ1) is 7.43. The second-order valence-corrected chi connectivity index (χ2v) is 1.61. The third-order valence-electron chi connectivity index (χ3n) is 0.639. The Labute approximate surface area is 49.4 Å². The van der Waals surface area contributed by atoms with Gasteiger partial charge < -0.3 is 0 Å². The van der Waals surface area contributed by atoms with Crippen molar-refractivity contribution < 1.29 is 4.79 Å². The van der Waals surface area contributed by atoms with Crippen LogP contribution >= 0.6 is 0 Å². The van der Waals surface area contributed by atoms with Crippen LogP contribution in [0.25, 0.3) is 0 Å². The molecule has 0 aliphatic heterocycles. The molecule has 1 amide bonds. The second kappa shape index (κ2) is 4.59. The van der Waals surface area contributed by atoms with Gasteiger partial charge >= 0.3 is 0 Å². The predicted molar refractivity (Wildman–Crippen MR) is 32.1 cm³/mol. The first-order chi connectivity index (χ1) is 3.77. The van der Waals surface area contributed by atoms with Gasteiger partial charge in [-0.15, -0.1) is 0 Å². The van der Waals surface area contributed by atoms with Crippen LogP contribution in [0.5, 0.6) is 0 Å². The van der Waals surface area contributed by atoms with Crippen molar-refractivity contribution in [2.24, 2.45) is 0 Å². The lowest BCUT2D eigenvalue weighted by Crippen LogP contribution is -2.35. The Kier molecular flexibility index (Phi) is 4.26. The molecule has 0 radical (unpaired) electrons. The largest absolute Gasteiger partial charge is 0.292 e. The average Bonchev–Trinajstić information content (AvgIpc) is 1.66. The molecule has 0 fully saturated rings. The molecule has 0 unspecified atom stereocenters. The number of amides is 1. The van der Waals surface area contributed by atoms with Gasteiger partial charge in [0.2, 0.25) is 5.91 Å². The van der Waals surface area contributed by atoms with Crippen molar-refractivity contribution in [1.82, 2.24) is 10.9 Å². The molecule has 0 aromatic carbocycles. The smallest absolute Gasteiger partial charge is 0.230 e. The van der Waals surface area contributed by atoms with Crippen molar-refractivity contribution >= 4 is 5.91 Å². The molecule has 0 aromatic rings. The summed E-state index contributed by atoms with van der Waals surface area (Å²) in [6.07, 6.45) is 1.03. The standard InChI is InChI=1S/C5H12N2O/c1-3-4-6-7-5(2)8/h6H,3-4H2,1-2H3,(H,7,8). The highest BCUT2D eigenvalue weighted by Gasteiger charge is 1.83. The van der Waals surface area contributed by atoms with Gasteiger partial charge in [0.1, 0.15) is 0 Å². The van der Waals surface area contributed by atoms with E-state index in [0.717, 1.165) is 13.0 Å². The average molecular weight is 116 g/mol. The minimum atomic E-state index is -0.0431. The maximum Gasteiger partial charge on any atom is 0.230 e. The van der Waals surface area contributed by atoms with Crippen molar-refractivity contribution in [1.29, 1.82) is 0 Å². The lowest BCUT2D eigenvalue weighted by Gasteiger charge is -1.99. The lowest BCUT2D eigenvalue weighted by atomic mass is 10.5. The molecule has 2 N–H and O–H groups in total. The van der Waals surface area contributed by atoms with Crippen LogP contribution in [0.1, 0.15) is 20.3 Å². The van der Waals surface area contributed by atoms with Crippen LogP contribution in [0.15, 0.2) is 0 Å². The Bertz CT molecular complexity index is 72.8. The van der Waals surface area contributed by atoms with Crippen LogP contribution in [0.4, 0.5) is 0 Å². The highest BCUT2D eigenvalue weighted by Crippen LogP contribution is 1.64. The van der Waals surface area contributed by atoms with E-state index in [-0.39, 0.29) is 5.91 Å². The summed E-state index contributed by atoms with van der Waals surface area (Å²) in [7, 11) is 0. The zero-order chi connectivity index (χ0) is 6.41. The van der Waals surface area contributed by atoms with E-state index in [2.05, 4.69) is 10.9 Å². The van der Waals surface area contributed by atoms with E-state index in [9.17, 15) is 4.79 Å². The molecule has 0 aromatic heterocycles. The first-order valence-corrected chi connectivity index (χ1v) is 2.76. The van der Waals surface area contributed by atoms with Crippen molar-refractivity contribution in [2.45, 2.75) is 20.3 Å². The van der Waals surface area contributed by atoms with E-state index >= 15 is 0 Å². The summed E-state index contributed by atoms with van der Waals surface area (Å²) in [4.78, 5) is 10.1. The third kappa shape index (κ3) is 5.43. The maximum absolute atomic E-state index is 10.1. The van der Waals surface area contributed by atoms with Crippen LogP contribution in [-0.2, 0) is 4.79 Å². The summed E-state index contributed by atoms with van der Waals surface area (Å²) >= 11 is 0. The van der Waals surface area contributed by atoms with Crippen molar-refractivity contribution in [2.75, 3.05) is 6.54 Å². The minimum Gasteiger partial charge on any atom is -0.292 e. The van der Waals surface area contributed by atoms with E-state index in [1.54, 1.807) is 0 Å². The fourth-order valence-corrected chi connectivity index (χ4v) is 0.312. The summed E-state index contributed by atoms with van der Waals surface area (Å²) in [5.41, 5.74) is 5.19. The molecule has 0 atom stereocenters. The zero-order valence-corrected chi connectivity index (χ0v) is 5.32. The minimum absolute atomic E-state index is 0.0431. The number of carbonyl (C=O) groups excluding carboxylic acids is 1. The number of carbonyl (C=O) groups is 1. The summed E-state index contributed by atoms with van der Waals surface area (Å²) in [6, 6.07) is 0. The Hall–Kier alpha value is -0.570. The third-order valence-corrected chi connectivity index (χ3v) is 0.639. The van der Waals surface area contributed by atoms with E-state index in [1.165, 1.54) is 6.92 Å². The SMILES string of the molecule is CCCNNC(C)=O. The van der Waals surface area contributed by atoms with Gasteiger partial charge in [-0.05, 0) is 6.42 Å². The normalized spacial score (nSPS) is 8.75. The Morgan fingerprint density at radius 2 is 2.25 bits per heavy atom. The number of nitrogens with one attached hydrogen (secondary N) is 2. The number of hydrogen-bond acceptors (Lipinski definition) is 2. The quantitative estimate of drug-likeness (QED) is 0.403. The zero-order valence-electron chi connectivity index (χ0n) is 5.32. The molecular formula is C5H12N2O. The molecule has 0 saturated heterocycles. The molecule has 8 heavy (non-hydrogen) atoms. The van der Waals surface area contributed by atoms with Crippen LogP contribution in [-0.4, -0.2) is 12.5 Å². The van der Waals surface area contributed by atoms with Crippen molar-refractivity contribution in [3.63, 3.8) is 0 Å². The molecular weight excluding hydrogens is 104 g/mol. The van der Waals surface area contributed by atoms with E-state index in [0.29, 0.717) is 0 Å². The van der Waals surface area contributed by atoms with Gasteiger partial charge in [-0.25, -0.2) is 5.43 Å². The van der Waals surface area contributed by atoms with Crippen LogP contribution in [0.2, 0.25) is 0 Å². The molecule has 48 valence electrons. The molecule has 0 heterocycles. The van der Waals surface area contributed by atoms with Gasteiger partial charge in [-0.1, -0.05) is 6.92 Å². The van der Waals surface area contributed by atoms with Gasteiger partial charge in [-0.2, -0.15) is 0 Å². The molecule has 3 nitrogen and oxygen atoms in total. The van der Waals surface area contributed by atoms with Crippen LogP contribution < -0.4 is 10.9 Å². The van der Waals surface area contributed by atoms with Crippen LogP contribution in [0.3, 0.4) is 0 Å². The number of rotatable bonds is 3. The van der Waals surface area contributed by atoms with Gasteiger partial charge in [0, 0.05) is 13.5 Å². The summed E-state index contributed by atoms with van der Waals surface area (Å²) in [6.45, 7) is 4.34. The Morgan fingerprint density at radius 1 is 1.62 bits per heavy atom. The molecule has 0 saturated carbocycles. The summed E-state index contributed by atoms with van der Waals surface area (Å²) < 4.78 is 0. The lowest BCUT2D eigenvalue weighted by molar-refractivity contribution is -0.119. The number of hydrazine groups is 1.